The number of carbonyl (C=O) groups is 3. The fourth-order valence-electron chi connectivity index (χ4n) is 1.63. The van der Waals surface area contributed by atoms with E-state index in [1.54, 1.807) is 0 Å². The lowest BCUT2D eigenvalue weighted by atomic mass is 9.96. The topological polar surface area (TPSA) is 202 Å². The van der Waals surface area contributed by atoms with E-state index >= 15 is 0 Å². The lowest BCUT2D eigenvalue weighted by molar-refractivity contribution is -0.178. The summed E-state index contributed by atoms with van der Waals surface area (Å²) in [4.78, 5) is 33.0. The number of aliphatic carboxylic acids is 2. The molecule has 0 aliphatic heterocycles. The third kappa shape index (κ3) is 6.46. The number of carboxylic acid groups (broad SMARTS) is 2. The molecule has 0 bridgehead atoms. The fraction of sp³-hybridized carbons (Fsp3) is 0.750. The molecule has 0 amide bonds. The Morgan fingerprint density at radius 2 is 1.57 bits per heavy atom. The third-order valence-corrected chi connectivity index (χ3v) is 3.01. The van der Waals surface area contributed by atoms with Crippen LogP contribution in [-0.2, 0) is 19.1 Å². The predicted octanol–water partition coefficient (Wildman–Crippen LogP) is -3.33. The molecule has 0 aliphatic carbocycles. The van der Waals surface area contributed by atoms with Crippen molar-refractivity contribution in [2.45, 2.75) is 49.8 Å². The molecule has 0 fully saturated rings. The second-order valence-corrected chi connectivity index (χ2v) is 5.01. The van der Waals surface area contributed by atoms with Crippen LogP contribution < -0.4 is 0 Å². The summed E-state index contributed by atoms with van der Waals surface area (Å²) in [7, 11) is 0. The maximum Gasteiger partial charge on any atom is 0.336 e. The molecule has 0 heterocycles. The minimum absolute atomic E-state index is 0.865. The van der Waals surface area contributed by atoms with Crippen LogP contribution in [0.1, 0.15) is 19.8 Å². The van der Waals surface area contributed by atoms with Crippen LogP contribution in [0.2, 0.25) is 0 Å². The smallest absolute Gasteiger partial charge is 0.336 e. The van der Waals surface area contributed by atoms with Crippen molar-refractivity contribution in [2.75, 3.05) is 6.61 Å². The van der Waals surface area contributed by atoms with Crippen LogP contribution in [0, 0.1) is 0 Å². The zero-order chi connectivity index (χ0) is 18.4. The highest BCUT2D eigenvalue weighted by Gasteiger charge is 2.42. The number of esters is 1. The molecule has 11 heteroatoms. The summed E-state index contributed by atoms with van der Waals surface area (Å²) in [6.07, 6.45) is -9.24. The van der Waals surface area contributed by atoms with Gasteiger partial charge in [-0.15, -0.1) is 0 Å². The number of aliphatic hydroxyl groups is 5. The van der Waals surface area contributed by atoms with Gasteiger partial charge in [-0.1, -0.05) is 0 Å². The first-order valence-electron chi connectivity index (χ1n) is 6.46. The number of hydrogen-bond acceptors (Lipinski definition) is 9. The molecule has 0 rings (SSSR count). The van der Waals surface area contributed by atoms with Crippen LogP contribution in [0.15, 0.2) is 0 Å². The molecule has 0 aromatic heterocycles. The van der Waals surface area contributed by atoms with Crippen molar-refractivity contribution >= 4 is 17.9 Å². The lowest BCUT2D eigenvalue weighted by Crippen LogP contribution is -2.47. The molecule has 0 radical (unpaired) electrons. The second-order valence-electron chi connectivity index (χ2n) is 5.01. The van der Waals surface area contributed by atoms with Crippen LogP contribution in [0.3, 0.4) is 0 Å². The van der Waals surface area contributed by atoms with E-state index in [1.165, 1.54) is 0 Å². The lowest BCUT2D eigenvalue weighted by Gasteiger charge is -2.27. The Labute approximate surface area is 130 Å². The largest absolute Gasteiger partial charge is 0.481 e. The highest BCUT2D eigenvalue weighted by atomic mass is 16.6. The van der Waals surface area contributed by atoms with Gasteiger partial charge in [0.2, 0.25) is 0 Å². The Morgan fingerprint density at radius 1 is 1.04 bits per heavy atom. The summed E-state index contributed by atoms with van der Waals surface area (Å²) >= 11 is 0. The number of carboxylic acids is 2. The van der Waals surface area contributed by atoms with Gasteiger partial charge in [0.05, 0.1) is 19.4 Å². The maximum absolute atomic E-state index is 11.6. The first-order valence-corrected chi connectivity index (χ1v) is 6.46. The minimum Gasteiger partial charge on any atom is -0.481 e. The molecule has 7 N–H and O–H groups in total. The third-order valence-electron chi connectivity index (χ3n) is 3.01. The Kier molecular flexibility index (Phi) is 8.06. The molecule has 0 saturated heterocycles. The van der Waals surface area contributed by atoms with Gasteiger partial charge in [0.1, 0.15) is 24.4 Å². The number of ether oxygens (including phenoxy) is 1. The van der Waals surface area contributed by atoms with Crippen molar-refractivity contribution in [3.63, 3.8) is 0 Å². The molecular formula is C12H20O11. The second kappa shape index (κ2) is 8.74. The molecule has 5 atom stereocenters. The van der Waals surface area contributed by atoms with E-state index in [0.717, 1.165) is 6.92 Å². The average molecular weight is 340 g/mol. The summed E-state index contributed by atoms with van der Waals surface area (Å²) in [6, 6.07) is 0. The normalized spacial score (nSPS) is 19.0. The van der Waals surface area contributed by atoms with Crippen LogP contribution in [-0.4, -0.2) is 90.3 Å². The van der Waals surface area contributed by atoms with Crippen molar-refractivity contribution in [1.82, 2.24) is 0 Å². The van der Waals surface area contributed by atoms with E-state index in [-0.39, 0.29) is 0 Å². The molecule has 0 aliphatic rings. The van der Waals surface area contributed by atoms with Crippen molar-refractivity contribution in [2.24, 2.45) is 0 Å². The van der Waals surface area contributed by atoms with Gasteiger partial charge < -0.3 is 40.5 Å². The van der Waals surface area contributed by atoms with Gasteiger partial charge >= 0.3 is 17.9 Å². The van der Waals surface area contributed by atoms with Crippen molar-refractivity contribution in [3.8, 4) is 0 Å². The molecule has 134 valence electrons. The van der Waals surface area contributed by atoms with E-state index in [1.807, 2.05) is 0 Å². The maximum atomic E-state index is 11.6. The Hall–Kier alpha value is -1.79. The van der Waals surface area contributed by atoms with Gasteiger partial charge in [0.15, 0.2) is 5.60 Å². The number of hydrogen-bond donors (Lipinski definition) is 7. The number of carbonyl (C=O) groups excluding carboxylic acids is 1. The summed E-state index contributed by atoms with van der Waals surface area (Å²) in [5.74, 6) is -4.94. The summed E-state index contributed by atoms with van der Waals surface area (Å²) in [5, 5.41) is 63.8. The van der Waals surface area contributed by atoms with E-state index in [0.29, 0.717) is 0 Å². The first-order chi connectivity index (χ1) is 10.4. The fourth-order valence-corrected chi connectivity index (χ4v) is 1.63. The van der Waals surface area contributed by atoms with E-state index in [4.69, 9.17) is 20.4 Å². The van der Waals surface area contributed by atoms with Crippen LogP contribution in [0.25, 0.3) is 0 Å². The van der Waals surface area contributed by atoms with Gasteiger partial charge in [-0.25, -0.2) is 4.79 Å². The predicted molar refractivity (Wildman–Crippen MR) is 70.1 cm³/mol. The highest BCUT2D eigenvalue weighted by molar-refractivity contribution is 5.88. The molecule has 1 unspecified atom stereocenters. The zero-order valence-electron chi connectivity index (χ0n) is 12.2. The van der Waals surface area contributed by atoms with Crippen LogP contribution >= 0.6 is 0 Å². The van der Waals surface area contributed by atoms with Gasteiger partial charge in [-0.3, -0.25) is 9.59 Å². The highest BCUT2D eigenvalue weighted by Crippen LogP contribution is 2.18. The van der Waals surface area contributed by atoms with E-state index in [2.05, 4.69) is 4.74 Å². The monoisotopic (exact) mass is 340 g/mol. The van der Waals surface area contributed by atoms with Gasteiger partial charge in [-0.05, 0) is 6.92 Å². The number of rotatable bonds is 10. The van der Waals surface area contributed by atoms with Crippen LogP contribution in [0.5, 0.6) is 0 Å². The molecule has 0 aromatic carbocycles. The molecule has 0 saturated carbocycles. The van der Waals surface area contributed by atoms with E-state index in [9.17, 15) is 29.7 Å². The Bertz CT molecular complexity index is 437. The van der Waals surface area contributed by atoms with E-state index < -0.39 is 67.4 Å². The zero-order valence-corrected chi connectivity index (χ0v) is 12.2. The van der Waals surface area contributed by atoms with Crippen molar-refractivity contribution in [1.29, 1.82) is 0 Å². The molecule has 23 heavy (non-hydrogen) atoms. The van der Waals surface area contributed by atoms with Crippen molar-refractivity contribution < 1.29 is 54.9 Å². The van der Waals surface area contributed by atoms with Crippen LogP contribution in [0.4, 0.5) is 0 Å². The van der Waals surface area contributed by atoms with Gasteiger partial charge in [0.25, 0.3) is 0 Å². The van der Waals surface area contributed by atoms with Gasteiger partial charge in [-0.2, -0.15) is 0 Å². The average Bonchev–Trinajstić information content (AvgIpc) is 2.43. The quantitative estimate of drug-likeness (QED) is 0.196. The Balaban J connectivity index is 4.80. The SMILES string of the molecule is C[C@H](OC(=O)CC(O)(CC(=O)O)C(=O)O)[C@@H](O)[C@H](O)[C@H](O)CO. The Morgan fingerprint density at radius 3 is 1.96 bits per heavy atom. The first kappa shape index (κ1) is 21.2. The molecule has 0 spiro atoms. The standard InChI is InChI=1S/C12H20O11/c1-5(9(18)10(19)6(14)4-13)23-8(17)3-12(22,11(20)21)2-7(15)16/h5-6,9-10,13-14,18-19,22H,2-4H2,1H3,(H,15,16)(H,20,21)/t5-,6+,9+,10+,12?/m0/s1. The molecule has 11 nitrogen and oxygen atoms in total. The number of aliphatic hydroxyl groups excluding tert-OH is 4. The summed E-state index contributed by atoms with van der Waals surface area (Å²) < 4.78 is 4.60. The van der Waals surface area contributed by atoms with Crippen molar-refractivity contribution in [3.05, 3.63) is 0 Å². The minimum atomic E-state index is -2.89. The van der Waals surface area contributed by atoms with Gasteiger partial charge in [0, 0.05) is 0 Å². The molecule has 0 aromatic rings. The summed E-state index contributed by atoms with van der Waals surface area (Å²) in [6.45, 7) is 0.239. The summed E-state index contributed by atoms with van der Waals surface area (Å²) in [5.41, 5.74) is -2.89. The molecular weight excluding hydrogens is 320 g/mol.